The van der Waals surface area contributed by atoms with Crippen LogP contribution in [0.4, 0.5) is 0 Å². The number of nitrogens with zero attached hydrogens (tertiary/aromatic N) is 2. The highest BCUT2D eigenvalue weighted by Crippen LogP contribution is 2.08. The van der Waals surface area contributed by atoms with Crippen LogP contribution in [0.3, 0.4) is 0 Å². The minimum Gasteiger partial charge on any atom is -0.344 e. The molecule has 0 unspecified atom stereocenters. The molecular formula is C12H19N3O. The van der Waals surface area contributed by atoms with Crippen LogP contribution >= 0.6 is 0 Å². The molecule has 88 valence electrons. The number of nitrogens with one attached hydrogen (secondary N) is 1. The average molecular weight is 221 g/mol. The van der Waals surface area contributed by atoms with E-state index >= 15 is 0 Å². The maximum atomic E-state index is 12.3. The van der Waals surface area contributed by atoms with E-state index in [2.05, 4.69) is 12.2 Å². The van der Waals surface area contributed by atoms with E-state index in [1.54, 1.807) is 0 Å². The van der Waals surface area contributed by atoms with Gasteiger partial charge in [-0.15, -0.1) is 0 Å². The molecule has 0 bridgehead atoms. The van der Waals surface area contributed by atoms with Crippen molar-refractivity contribution in [3.8, 4) is 0 Å². The van der Waals surface area contributed by atoms with Crippen LogP contribution in [0.1, 0.15) is 23.8 Å². The Labute approximate surface area is 96.2 Å². The Kier molecular flexibility index (Phi) is 3.62. The van der Waals surface area contributed by atoms with Gasteiger partial charge in [0.05, 0.1) is 0 Å². The average Bonchev–Trinajstić information content (AvgIpc) is 2.61. The SMILES string of the molecule is CCn1cccc1C(=O)N1CCCNCC1. The molecule has 16 heavy (non-hydrogen) atoms. The highest BCUT2D eigenvalue weighted by molar-refractivity contribution is 5.92. The third-order valence-corrected chi connectivity index (χ3v) is 3.02. The molecular weight excluding hydrogens is 202 g/mol. The third kappa shape index (κ3) is 2.27. The van der Waals surface area contributed by atoms with E-state index < -0.39 is 0 Å². The van der Waals surface area contributed by atoms with Crippen molar-refractivity contribution in [3.05, 3.63) is 24.0 Å². The molecule has 2 rings (SSSR count). The molecule has 0 aromatic carbocycles. The summed E-state index contributed by atoms with van der Waals surface area (Å²) >= 11 is 0. The first-order valence-corrected chi connectivity index (χ1v) is 5.98. The standard InChI is InChI=1S/C12H19N3O/c1-2-14-8-3-5-11(14)12(16)15-9-4-6-13-7-10-15/h3,5,8,13H,2,4,6-7,9-10H2,1H3. The van der Waals surface area contributed by atoms with Gasteiger partial charge >= 0.3 is 0 Å². The normalized spacial score (nSPS) is 17.2. The van der Waals surface area contributed by atoms with Gasteiger partial charge in [0, 0.05) is 32.4 Å². The summed E-state index contributed by atoms with van der Waals surface area (Å²) in [5.41, 5.74) is 0.810. The molecule has 4 nitrogen and oxygen atoms in total. The number of aromatic nitrogens is 1. The molecule has 1 N–H and O–H groups in total. The lowest BCUT2D eigenvalue weighted by Gasteiger charge is -2.20. The Morgan fingerprint density at radius 2 is 2.31 bits per heavy atom. The molecule has 2 heterocycles. The molecule has 0 saturated carbocycles. The lowest BCUT2D eigenvalue weighted by atomic mass is 10.3. The lowest BCUT2D eigenvalue weighted by molar-refractivity contribution is 0.0755. The van der Waals surface area contributed by atoms with Crippen LogP contribution in [0.25, 0.3) is 0 Å². The predicted octanol–water partition coefficient (Wildman–Crippen LogP) is 0.943. The Hall–Kier alpha value is -1.29. The van der Waals surface area contributed by atoms with Crippen molar-refractivity contribution in [1.29, 1.82) is 0 Å². The number of carbonyl (C=O) groups excluding carboxylic acids is 1. The Morgan fingerprint density at radius 3 is 3.12 bits per heavy atom. The number of rotatable bonds is 2. The Balaban J connectivity index is 2.11. The van der Waals surface area contributed by atoms with Crippen molar-refractivity contribution < 1.29 is 4.79 Å². The van der Waals surface area contributed by atoms with Crippen molar-refractivity contribution in [3.63, 3.8) is 0 Å². The topological polar surface area (TPSA) is 37.3 Å². The fourth-order valence-corrected chi connectivity index (χ4v) is 2.09. The number of hydrogen-bond acceptors (Lipinski definition) is 2. The zero-order valence-corrected chi connectivity index (χ0v) is 9.78. The van der Waals surface area contributed by atoms with Gasteiger partial charge in [-0.1, -0.05) is 0 Å². The van der Waals surface area contributed by atoms with Crippen LogP contribution in [-0.4, -0.2) is 41.6 Å². The Bertz CT molecular complexity index is 351. The molecule has 0 atom stereocenters. The second-order valence-corrected chi connectivity index (χ2v) is 4.08. The summed E-state index contributed by atoms with van der Waals surface area (Å²) in [5, 5.41) is 3.31. The fraction of sp³-hybridized carbons (Fsp3) is 0.583. The molecule has 1 saturated heterocycles. The van der Waals surface area contributed by atoms with Crippen LogP contribution < -0.4 is 5.32 Å². The van der Waals surface area contributed by atoms with Crippen molar-refractivity contribution in [2.45, 2.75) is 19.9 Å². The molecule has 0 spiro atoms. The molecule has 0 aliphatic carbocycles. The summed E-state index contributed by atoms with van der Waals surface area (Å²) in [4.78, 5) is 14.2. The Morgan fingerprint density at radius 1 is 1.44 bits per heavy atom. The van der Waals surface area contributed by atoms with E-state index in [9.17, 15) is 4.79 Å². The van der Waals surface area contributed by atoms with Gasteiger partial charge < -0.3 is 14.8 Å². The molecule has 4 heteroatoms. The predicted molar refractivity (Wildman–Crippen MR) is 63.5 cm³/mol. The summed E-state index contributed by atoms with van der Waals surface area (Å²) in [6.45, 7) is 6.49. The number of amides is 1. The van der Waals surface area contributed by atoms with Gasteiger partial charge in [-0.05, 0) is 32.0 Å². The molecule has 1 aliphatic heterocycles. The highest BCUT2D eigenvalue weighted by atomic mass is 16.2. The van der Waals surface area contributed by atoms with Gasteiger partial charge in [-0.2, -0.15) is 0 Å². The van der Waals surface area contributed by atoms with Crippen molar-refractivity contribution in [2.24, 2.45) is 0 Å². The maximum absolute atomic E-state index is 12.3. The lowest BCUT2D eigenvalue weighted by Crippen LogP contribution is -2.35. The minimum absolute atomic E-state index is 0.163. The smallest absolute Gasteiger partial charge is 0.270 e. The maximum Gasteiger partial charge on any atom is 0.270 e. The second kappa shape index (κ2) is 5.16. The number of carbonyl (C=O) groups is 1. The number of aryl methyl sites for hydroxylation is 1. The molecule has 1 aromatic heterocycles. The molecule has 1 aliphatic rings. The first-order valence-electron chi connectivity index (χ1n) is 5.98. The summed E-state index contributed by atoms with van der Waals surface area (Å²) < 4.78 is 2.00. The third-order valence-electron chi connectivity index (χ3n) is 3.02. The van der Waals surface area contributed by atoms with E-state index in [0.29, 0.717) is 0 Å². The first-order chi connectivity index (χ1) is 7.83. The first kappa shape index (κ1) is 11.2. The number of hydrogen-bond donors (Lipinski definition) is 1. The van der Waals surface area contributed by atoms with Gasteiger partial charge in [0.25, 0.3) is 5.91 Å². The van der Waals surface area contributed by atoms with Crippen LogP contribution in [-0.2, 0) is 6.54 Å². The summed E-state index contributed by atoms with van der Waals surface area (Å²) in [5.74, 6) is 0.163. The van der Waals surface area contributed by atoms with Gasteiger partial charge in [-0.3, -0.25) is 4.79 Å². The van der Waals surface area contributed by atoms with E-state index in [0.717, 1.165) is 44.8 Å². The van der Waals surface area contributed by atoms with Crippen LogP contribution in [0, 0.1) is 0 Å². The van der Waals surface area contributed by atoms with Crippen LogP contribution in [0.2, 0.25) is 0 Å². The monoisotopic (exact) mass is 221 g/mol. The summed E-state index contributed by atoms with van der Waals surface area (Å²) in [7, 11) is 0. The van der Waals surface area contributed by atoms with E-state index in [1.165, 1.54) is 0 Å². The van der Waals surface area contributed by atoms with Gasteiger partial charge in [-0.25, -0.2) is 0 Å². The molecule has 0 radical (unpaired) electrons. The van der Waals surface area contributed by atoms with Gasteiger partial charge in [0.1, 0.15) is 5.69 Å². The molecule has 1 aromatic rings. The van der Waals surface area contributed by atoms with E-state index in [1.807, 2.05) is 27.8 Å². The minimum atomic E-state index is 0.163. The van der Waals surface area contributed by atoms with Crippen molar-refractivity contribution in [2.75, 3.05) is 26.2 Å². The van der Waals surface area contributed by atoms with Crippen LogP contribution in [0.15, 0.2) is 18.3 Å². The largest absolute Gasteiger partial charge is 0.344 e. The van der Waals surface area contributed by atoms with Gasteiger partial charge in [0.2, 0.25) is 0 Å². The summed E-state index contributed by atoms with van der Waals surface area (Å²) in [6.07, 6.45) is 3.00. The fourth-order valence-electron chi connectivity index (χ4n) is 2.09. The highest BCUT2D eigenvalue weighted by Gasteiger charge is 2.19. The van der Waals surface area contributed by atoms with Crippen molar-refractivity contribution in [1.82, 2.24) is 14.8 Å². The van der Waals surface area contributed by atoms with E-state index in [4.69, 9.17) is 0 Å². The molecule has 1 fully saturated rings. The second-order valence-electron chi connectivity index (χ2n) is 4.08. The summed E-state index contributed by atoms with van der Waals surface area (Å²) in [6, 6.07) is 3.84. The quantitative estimate of drug-likeness (QED) is 0.807. The van der Waals surface area contributed by atoms with Crippen molar-refractivity contribution >= 4 is 5.91 Å². The zero-order valence-electron chi connectivity index (χ0n) is 9.78. The zero-order chi connectivity index (χ0) is 11.4. The van der Waals surface area contributed by atoms with Crippen LogP contribution in [0.5, 0.6) is 0 Å². The van der Waals surface area contributed by atoms with Gasteiger partial charge in [0.15, 0.2) is 0 Å². The van der Waals surface area contributed by atoms with E-state index in [-0.39, 0.29) is 5.91 Å². The molecule has 1 amide bonds.